The van der Waals surface area contributed by atoms with Crippen LogP contribution >= 0.6 is 0 Å². The molecule has 4 unspecified atom stereocenters. The molecule has 4 saturated heterocycles. The van der Waals surface area contributed by atoms with Crippen molar-refractivity contribution in [3.8, 4) is 23.0 Å². The lowest BCUT2D eigenvalue weighted by molar-refractivity contribution is 0.00685. The number of carboxylic acids is 1. The molecule has 0 amide bonds. The number of hydrogen-bond donors (Lipinski definition) is 7. The van der Waals surface area contributed by atoms with Crippen LogP contribution in [0.5, 0.6) is 23.0 Å². The first-order valence-corrected chi connectivity index (χ1v) is 46.6. The number of rotatable bonds is 22. The summed E-state index contributed by atoms with van der Waals surface area (Å²) in [6.07, 6.45) is 19.4. The highest BCUT2D eigenvalue weighted by Gasteiger charge is 2.41. The van der Waals surface area contributed by atoms with Crippen LogP contribution in [0.2, 0.25) is 0 Å². The summed E-state index contributed by atoms with van der Waals surface area (Å²) in [7, 11) is 1.35. The number of piperazine rings is 4. The number of nitrogens with zero attached hydrogens (tertiary/aromatic N) is 12. The molecular formula is C107H115N13O17. The zero-order valence-electron chi connectivity index (χ0n) is 78.2. The van der Waals surface area contributed by atoms with Crippen LogP contribution in [0, 0.1) is 0 Å². The molecule has 4 atom stereocenters. The van der Waals surface area contributed by atoms with Gasteiger partial charge in [-0.15, -0.1) is 0 Å². The van der Waals surface area contributed by atoms with E-state index in [9.17, 15) is 49.8 Å². The zero-order chi connectivity index (χ0) is 96.0. The second kappa shape index (κ2) is 41.8. The Labute approximate surface area is 792 Å². The van der Waals surface area contributed by atoms with E-state index in [0.29, 0.717) is 128 Å². The second-order valence-electron chi connectivity index (χ2n) is 36.0. The molecule has 4 aliphatic heterocycles. The molecule has 0 saturated carbocycles. The number of pyridine rings is 4. The summed E-state index contributed by atoms with van der Waals surface area (Å²) in [5, 5.41) is 73.5. The number of benzene rings is 8. The highest BCUT2D eigenvalue weighted by atomic mass is 16.6. The quantitative estimate of drug-likeness (QED) is 0.0188. The van der Waals surface area contributed by atoms with Crippen LogP contribution in [0.4, 0.5) is 0 Å². The van der Waals surface area contributed by atoms with E-state index in [1.165, 1.54) is 32.2 Å². The van der Waals surface area contributed by atoms with E-state index in [4.69, 9.17) is 37.6 Å². The highest BCUT2D eigenvalue weighted by molar-refractivity contribution is 6.20. The fourth-order valence-corrected chi connectivity index (χ4v) is 20.4. The maximum atomic E-state index is 12.9. The van der Waals surface area contributed by atoms with Crippen molar-refractivity contribution in [2.75, 3.05) is 125 Å². The Kier molecular flexibility index (Phi) is 29.0. The van der Waals surface area contributed by atoms with Gasteiger partial charge in [0.2, 0.25) is 0 Å². The summed E-state index contributed by atoms with van der Waals surface area (Å²) in [6.45, 7) is 30.3. The third-order valence-corrected chi connectivity index (χ3v) is 27.4. The summed E-state index contributed by atoms with van der Waals surface area (Å²) < 4.78 is 38.8. The Morgan fingerprint density at radius 3 is 0.752 bits per heavy atom. The SMILES string of the molecule is CC(C)N1CCN(C(c2ccncc2)c2c(O)c3ccccc3c3occ(C(=O)O)c23)CC1.CC(C)N1CCN(C(c2ccncc2)c2c(O)c3ccccc3c3occ(C(=O)OCN)c23)CC1.CC(C)N1CCN(C(c2ccncc2)c2c(O)c3ccccc3c3occ(C(=O)OCO)c23)CC1.COC(=O)c1coc2c1c(C(c1ccncc1)N1CCN(C(C)C)CC1)c(O)c1ccccc12. The van der Waals surface area contributed by atoms with Crippen LogP contribution in [-0.4, -0.2) is 263 Å². The number of esters is 3. The van der Waals surface area contributed by atoms with Crippen molar-refractivity contribution < 1.29 is 81.7 Å². The maximum absolute atomic E-state index is 12.9. The van der Waals surface area contributed by atoms with E-state index >= 15 is 0 Å². The molecule has 0 aliphatic carbocycles. The monoisotopic (exact) mass is 1850 g/mol. The summed E-state index contributed by atoms with van der Waals surface area (Å²) in [6, 6.07) is 46.1. The summed E-state index contributed by atoms with van der Waals surface area (Å²) in [5.41, 5.74) is 14.7. The number of methoxy groups -OCH3 is 1. The number of carbonyl (C=O) groups is 4. The number of nitrogens with two attached hydrogens (primary N) is 1. The van der Waals surface area contributed by atoms with Gasteiger partial charge in [-0.05, 0) is 126 Å². The maximum Gasteiger partial charge on any atom is 0.344 e. The summed E-state index contributed by atoms with van der Waals surface area (Å²) >= 11 is 0. The minimum atomic E-state index is -1.08. The number of aromatic carboxylic acids is 1. The van der Waals surface area contributed by atoms with Gasteiger partial charge in [0.15, 0.2) is 6.79 Å². The number of fused-ring (bicyclic) bond motifs is 12. The third kappa shape index (κ3) is 18.8. The molecule has 8 N–H and O–H groups in total. The van der Waals surface area contributed by atoms with Gasteiger partial charge >= 0.3 is 23.9 Å². The number of ether oxygens (including phenoxy) is 3. The minimum Gasteiger partial charge on any atom is -0.507 e. The van der Waals surface area contributed by atoms with Crippen molar-refractivity contribution in [3.05, 3.63) is 287 Å². The molecule has 4 aliphatic rings. The molecule has 16 aromatic rings. The lowest BCUT2D eigenvalue weighted by atomic mass is 9.89. The van der Waals surface area contributed by atoms with Crippen molar-refractivity contribution in [1.82, 2.24) is 59.1 Å². The Morgan fingerprint density at radius 2 is 0.533 bits per heavy atom. The van der Waals surface area contributed by atoms with Crippen LogP contribution in [0.25, 0.3) is 87.0 Å². The van der Waals surface area contributed by atoms with Crippen LogP contribution in [0.3, 0.4) is 0 Å². The van der Waals surface area contributed by atoms with Crippen molar-refractivity contribution >= 4 is 111 Å². The standard InChI is InChI=1S/C27H30N4O4.C27H29N3O5.C27H29N3O4.C26H27N3O4/c1-17(2)30-11-13-31(14-12-30)24(18-7-9-29-10-8-18)23-22-21(27(33)35-16-28)15-34-26(22)20-6-4-3-5-19(20)25(23)32;1-17(2)29-11-13-30(14-12-29)24(18-7-9-28-10-8-18)23-22-21(27(33)35-16-31)15-34-26(22)20-6-4-3-5-19(20)25(23)32;1-17(2)29-12-14-30(15-13-29)24(18-8-10-28-11-9-18)23-22-21(27(32)33-3)16-34-26(22)20-7-5-4-6-19(20)25(23)31;1-16(2)28-11-13-29(14-12-28)23(17-7-9-27-10-8-17)22-21-20(26(31)32)15-33-25(21)19-6-4-3-5-18(19)24(22)30/h3-10,15,17,24,32H,11-14,16,28H2,1-2H3;3-10,15,17,24,31-32H,11-14,16H2,1-2H3;4-11,16-17,24,31H,12-15H2,1-3H3;3-10,15-16,23,30H,11-14H2,1-2H3,(H,31,32). The molecule has 30 nitrogen and oxygen atoms in total. The number of aromatic nitrogens is 4. The van der Waals surface area contributed by atoms with Crippen LogP contribution in [-0.2, 0) is 14.2 Å². The normalized spacial score (nSPS) is 16.3. The predicted molar refractivity (Wildman–Crippen MR) is 524 cm³/mol. The molecule has 0 radical (unpaired) electrons. The lowest BCUT2D eigenvalue weighted by Crippen LogP contribution is -2.50. The van der Waals surface area contributed by atoms with Crippen LogP contribution in [0.15, 0.2) is 238 Å². The number of aromatic hydroxyl groups is 4. The minimum absolute atomic E-state index is 0.0564. The number of furan rings is 4. The molecule has 30 heteroatoms. The van der Waals surface area contributed by atoms with Crippen molar-refractivity contribution in [1.29, 1.82) is 0 Å². The molecule has 137 heavy (non-hydrogen) atoms. The van der Waals surface area contributed by atoms with E-state index in [2.05, 4.69) is 115 Å². The highest BCUT2D eigenvalue weighted by Crippen LogP contribution is 2.53. The Hall–Kier alpha value is -13.8. The van der Waals surface area contributed by atoms with Crippen molar-refractivity contribution in [2.24, 2.45) is 5.73 Å². The van der Waals surface area contributed by atoms with Gasteiger partial charge in [-0.3, -0.25) is 64.9 Å². The molecule has 8 aromatic carbocycles. The Morgan fingerprint density at radius 1 is 0.321 bits per heavy atom. The average molecular weight is 1860 g/mol. The number of carbonyl (C=O) groups excluding carboxylic acids is 3. The van der Waals surface area contributed by atoms with E-state index in [-0.39, 0.29) is 70.6 Å². The van der Waals surface area contributed by atoms with Crippen LogP contribution in [0.1, 0.15) is 165 Å². The molecular weight excluding hydrogens is 1740 g/mol. The number of aliphatic hydroxyl groups is 1. The molecule has 12 heterocycles. The van der Waals surface area contributed by atoms with Gasteiger partial charge in [0.25, 0.3) is 0 Å². The average Bonchev–Trinajstić information content (AvgIpc) is 1.69. The molecule has 4 fully saturated rings. The van der Waals surface area contributed by atoms with Gasteiger partial charge in [-0.2, -0.15) is 0 Å². The van der Waals surface area contributed by atoms with Gasteiger partial charge in [-0.25, -0.2) is 19.2 Å². The topological polar surface area (TPSA) is 373 Å². The van der Waals surface area contributed by atoms with Gasteiger partial charge < -0.3 is 62.5 Å². The van der Waals surface area contributed by atoms with E-state index in [1.54, 1.807) is 49.6 Å². The number of carboxylic acid groups (broad SMARTS) is 1. The molecule has 20 rings (SSSR count). The second-order valence-corrected chi connectivity index (χ2v) is 36.0. The van der Waals surface area contributed by atoms with Crippen molar-refractivity contribution in [2.45, 2.75) is 104 Å². The summed E-state index contributed by atoms with van der Waals surface area (Å²) in [4.78, 5) is 86.5. The van der Waals surface area contributed by atoms with E-state index < -0.39 is 30.7 Å². The molecule has 0 bridgehead atoms. The third-order valence-electron chi connectivity index (χ3n) is 27.4. The smallest absolute Gasteiger partial charge is 0.344 e. The molecule has 8 aromatic heterocycles. The van der Waals surface area contributed by atoms with Gasteiger partial charge in [-0.1, -0.05) is 97.1 Å². The molecule has 0 spiro atoms. The zero-order valence-corrected chi connectivity index (χ0v) is 78.2. The first-order chi connectivity index (χ1) is 66.5. The fraction of sp³-hybridized carbons (Fsp3) is 0.327. The van der Waals surface area contributed by atoms with Gasteiger partial charge in [0, 0.05) is 265 Å². The van der Waals surface area contributed by atoms with Gasteiger partial charge in [0.05, 0.1) is 31.3 Å². The van der Waals surface area contributed by atoms with Crippen LogP contribution < -0.4 is 5.73 Å². The summed E-state index contributed by atoms with van der Waals surface area (Å²) in [5.74, 6) is -2.39. The van der Waals surface area contributed by atoms with E-state index in [1.807, 2.05) is 146 Å². The number of phenols is 4. The number of aliphatic hydroxyl groups excluding tert-OH is 1. The first-order valence-electron chi connectivity index (χ1n) is 46.6. The fourth-order valence-electron chi connectivity index (χ4n) is 20.4. The largest absolute Gasteiger partial charge is 0.507 e. The van der Waals surface area contributed by atoms with E-state index in [0.717, 1.165) is 138 Å². The van der Waals surface area contributed by atoms with Gasteiger partial charge in [0.1, 0.15) is 99.4 Å². The Bertz CT molecular complexity index is 6770. The first kappa shape index (κ1) is 95.0. The van der Waals surface area contributed by atoms with Crippen molar-refractivity contribution in [3.63, 3.8) is 0 Å². The Balaban J connectivity index is 0.000000127. The predicted octanol–water partition coefficient (Wildman–Crippen LogP) is 16.9. The number of hydrogen-bond acceptors (Lipinski definition) is 29. The number of phenolic OH excluding ortho intramolecular Hbond substituents is 4. The lowest BCUT2D eigenvalue weighted by Gasteiger charge is -2.41. The molecule has 710 valence electrons.